The molecular formula is C15H14BrNO3S2. The Labute approximate surface area is 142 Å². The molecule has 4 nitrogen and oxygen atoms in total. The van der Waals surface area contributed by atoms with E-state index in [1.807, 2.05) is 24.3 Å². The summed E-state index contributed by atoms with van der Waals surface area (Å²) in [4.78, 5) is 1.15. The molecule has 0 amide bonds. The van der Waals surface area contributed by atoms with E-state index in [4.69, 9.17) is 4.74 Å². The molecule has 0 aromatic heterocycles. The molecule has 7 heteroatoms. The Morgan fingerprint density at radius 3 is 2.77 bits per heavy atom. The van der Waals surface area contributed by atoms with Gasteiger partial charge in [0.15, 0.2) is 0 Å². The molecule has 0 bridgehead atoms. The van der Waals surface area contributed by atoms with Crippen molar-refractivity contribution in [3.63, 3.8) is 0 Å². The predicted molar refractivity (Wildman–Crippen MR) is 92.4 cm³/mol. The molecule has 0 unspecified atom stereocenters. The predicted octanol–water partition coefficient (Wildman–Crippen LogP) is 3.76. The minimum atomic E-state index is -3.68. The third-order valence-electron chi connectivity index (χ3n) is 3.38. The van der Waals surface area contributed by atoms with Crippen LogP contribution in [0.15, 0.2) is 56.7 Å². The molecule has 0 fully saturated rings. The third kappa shape index (κ3) is 2.73. The molecular weight excluding hydrogens is 386 g/mol. The Morgan fingerprint density at radius 2 is 2.00 bits per heavy atom. The number of hydrogen-bond donors (Lipinski definition) is 0. The number of sulfonamides is 1. The quantitative estimate of drug-likeness (QED) is 0.787. The van der Waals surface area contributed by atoms with Crippen molar-refractivity contribution in [3.8, 4) is 5.75 Å². The van der Waals surface area contributed by atoms with Crippen molar-refractivity contribution in [2.45, 2.75) is 9.79 Å². The Bertz CT molecular complexity index is 808. The van der Waals surface area contributed by atoms with E-state index in [2.05, 4.69) is 15.9 Å². The van der Waals surface area contributed by atoms with E-state index in [0.29, 0.717) is 16.8 Å². The van der Waals surface area contributed by atoms with Gasteiger partial charge in [0.05, 0.1) is 12.8 Å². The van der Waals surface area contributed by atoms with Crippen LogP contribution in [0.3, 0.4) is 0 Å². The van der Waals surface area contributed by atoms with Gasteiger partial charge in [0, 0.05) is 21.7 Å². The zero-order valence-electron chi connectivity index (χ0n) is 11.8. The largest absolute Gasteiger partial charge is 0.495 e. The lowest BCUT2D eigenvalue weighted by Crippen LogP contribution is -2.35. The normalized spacial score (nSPS) is 14.5. The lowest BCUT2D eigenvalue weighted by Gasteiger charge is -2.30. The molecule has 22 heavy (non-hydrogen) atoms. The molecule has 2 aromatic carbocycles. The van der Waals surface area contributed by atoms with Crippen molar-refractivity contribution in [1.29, 1.82) is 0 Å². The van der Waals surface area contributed by atoms with E-state index < -0.39 is 10.0 Å². The topological polar surface area (TPSA) is 46.6 Å². The van der Waals surface area contributed by atoms with Crippen LogP contribution in [0, 0.1) is 0 Å². The Morgan fingerprint density at radius 1 is 1.23 bits per heavy atom. The first-order chi connectivity index (χ1) is 10.5. The number of rotatable bonds is 3. The molecule has 1 aliphatic rings. The molecule has 0 N–H and O–H groups in total. The van der Waals surface area contributed by atoms with Gasteiger partial charge >= 0.3 is 0 Å². The summed E-state index contributed by atoms with van der Waals surface area (Å²) in [6, 6.07) is 12.5. The second-order valence-corrected chi connectivity index (χ2v) is 8.57. The Kier molecular flexibility index (Phi) is 4.38. The summed E-state index contributed by atoms with van der Waals surface area (Å²) in [5.41, 5.74) is 0.723. The van der Waals surface area contributed by atoms with E-state index in [9.17, 15) is 8.42 Å². The van der Waals surface area contributed by atoms with Crippen LogP contribution < -0.4 is 9.04 Å². The highest BCUT2D eigenvalue weighted by Gasteiger charge is 2.31. The minimum absolute atomic E-state index is 0.172. The van der Waals surface area contributed by atoms with Gasteiger partial charge in [-0.2, -0.15) is 0 Å². The van der Waals surface area contributed by atoms with Gasteiger partial charge in [0.1, 0.15) is 10.6 Å². The van der Waals surface area contributed by atoms with Gasteiger partial charge in [-0.25, -0.2) is 8.42 Å². The Hall–Kier alpha value is -1.18. The fourth-order valence-corrected chi connectivity index (χ4v) is 5.71. The van der Waals surface area contributed by atoms with Crippen LogP contribution in [-0.2, 0) is 10.0 Å². The van der Waals surface area contributed by atoms with Crippen molar-refractivity contribution in [2.24, 2.45) is 0 Å². The summed E-state index contributed by atoms with van der Waals surface area (Å²) < 4.78 is 33.6. The lowest BCUT2D eigenvalue weighted by molar-refractivity contribution is 0.402. The van der Waals surface area contributed by atoms with E-state index in [-0.39, 0.29) is 4.90 Å². The standard InChI is InChI=1S/C15H14BrNO3S2/c1-20-13-7-6-11(16)10-15(13)22(18,19)17-8-9-21-14-5-3-2-4-12(14)17/h2-7,10H,8-9H2,1H3. The van der Waals surface area contributed by atoms with Crippen LogP contribution in [0.2, 0.25) is 0 Å². The smallest absolute Gasteiger partial charge is 0.268 e. The number of ether oxygens (including phenoxy) is 1. The van der Waals surface area contributed by atoms with Gasteiger partial charge in [-0.3, -0.25) is 4.31 Å². The molecule has 0 radical (unpaired) electrons. The highest BCUT2D eigenvalue weighted by molar-refractivity contribution is 9.10. The number of hydrogen-bond acceptors (Lipinski definition) is 4. The van der Waals surface area contributed by atoms with E-state index in [1.165, 1.54) is 11.4 Å². The maximum absolute atomic E-state index is 13.1. The highest BCUT2D eigenvalue weighted by atomic mass is 79.9. The molecule has 1 heterocycles. The lowest BCUT2D eigenvalue weighted by atomic mass is 10.3. The molecule has 0 saturated carbocycles. The first kappa shape index (κ1) is 15.7. The fraction of sp³-hybridized carbons (Fsp3) is 0.200. The second-order valence-electron chi connectivity index (χ2n) is 4.69. The van der Waals surface area contributed by atoms with E-state index >= 15 is 0 Å². The number of nitrogens with zero attached hydrogens (tertiary/aromatic N) is 1. The maximum Gasteiger partial charge on any atom is 0.268 e. The summed E-state index contributed by atoms with van der Waals surface area (Å²) in [6.45, 7) is 0.444. The number of para-hydroxylation sites is 1. The average molecular weight is 400 g/mol. The molecule has 1 aliphatic heterocycles. The van der Waals surface area contributed by atoms with Crippen LogP contribution in [-0.4, -0.2) is 27.8 Å². The minimum Gasteiger partial charge on any atom is -0.495 e. The molecule has 0 atom stereocenters. The summed E-state index contributed by atoms with van der Waals surface area (Å²) in [6.07, 6.45) is 0. The molecule has 3 rings (SSSR count). The highest BCUT2D eigenvalue weighted by Crippen LogP contribution is 2.39. The van der Waals surface area contributed by atoms with Crippen molar-refractivity contribution >= 4 is 43.4 Å². The summed E-state index contributed by atoms with van der Waals surface area (Å²) in [5.74, 6) is 1.07. The third-order valence-corrected chi connectivity index (χ3v) is 6.75. The number of halogens is 1. The van der Waals surface area contributed by atoms with Crippen molar-refractivity contribution in [1.82, 2.24) is 0 Å². The number of fused-ring (bicyclic) bond motifs is 1. The Balaban J connectivity index is 2.14. The van der Waals surface area contributed by atoms with Crippen LogP contribution in [0.25, 0.3) is 0 Å². The summed E-state index contributed by atoms with van der Waals surface area (Å²) >= 11 is 5.00. The van der Waals surface area contributed by atoms with Crippen LogP contribution in [0.1, 0.15) is 0 Å². The fourth-order valence-electron chi connectivity index (χ4n) is 2.36. The maximum atomic E-state index is 13.1. The van der Waals surface area contributed by atoms with Crippen molar-refractivity contribution < 1.29 is 13.2 Å². The first-order valence-corrected chi connectivity index (χ1v) is 9.84. The summed E-state index contributed by atoms with van der Waals surface area (Å²) in [7, 11) is -2.20. The molecule has 2 aromatic rings. The average Bonchev–Trinajstić information content (AvgIpc) is 2.54. The molecule has 116 valence electrons. The van der Waals surface area contributed by atoms with Crippen LogP contribution in [0.5, 0.6) is 5.75 Å². The zero-order chi connectivity index (χ0) is 15.7. The SMILES string of the molecule is COc1ccc(Br)cc1S(=O)(=O)N1CCSc2ccccc21. The molecule has 0 aliphatic carbocycles. The van der Waals surface area contributed by atoms with Crippen molar-refractivity contribution in [3.05, 3.63) is 46.9 Å². The van der Waals surface area contributed by atoms with Crippen LogP contribution >= 0.6 is 27.7 Å². The van der Waals surface area contributed by atoms with Gasteiger partial charge in [-0.1, -0.05) is 28.1 Å². The number of methoxy groups -OCH3 is 1. The number of anilines is 1. The first-order valence-electron chi connectivity index (χ1n) is 6.62. The van der Waals surface area contributed by atoms with Crippen LogP contribution in [0.4, 0.5) is 5.69 Å². The van der Waals surface area contributed by atoms with Crippen molar-refractivity contribution in [2.75, 3.05) is 23.7 Å². The van der Waals surface area contributed by atoms with E-state index in [0.717, 1.165) is 16.3 Å². The number of thioether (sulfide) groups is 1. The monoisotopic (exact) mass is 399 g/mol. The molecule has 0 spiro atoms. The zero-order valence-corrected chi connectivity index (χ0v) is 15.0. The second kappa shape index (κ2) is 6.14. The van der Waals surface area contributed by atoms with Gasteiger partial charge < -0.3 is 4.74 Å². The molecule has 0 saturated heterocycles. The van der Waals surface area contributed by atoms with Gasteiger partial charge in [-0.15, -0.1) is 11.8 Å². The van der Waals surface area contributed by atoms with Gasteiger partial charge in [0.2, 0.25) is 0 Å². The van der Waals surface area contributed by atoms with E-state index in [1.54, 1.807) is 30.0 Å². The summed E-state index contributed by atoms with van der Waals surface area (Å²) in [5, 5.41) is 0. The van der Waals surface area contributed by atoms with Gasteiger partial charge in [0.25, 0.3) is 10.0 Å². The van der Waals surface area contributed by atoms with Gasteiger partial charge in [-0.05, 0) is 30.3 Å². The number of benzene rings is 2.